The second kappa shape index (κ2) is 6.72. The van der Waals surface area contributed by atoms with Gasteiger partial charge in [-0.15, -0.1) is 0 Å². The molecule has 2 heterocycles. The maximum Gasteiger partial charge on any atom is 0.259 e. The molecule has 1 aromatic carbocycles. The number of nitrogens with zero attached hydrogens (tertiary/aromatic N) is 2. The number of benzene rings is 1. The quantitative estimate of drug-likeness (QED) is 0.778. The smallest absolute Gasteiger partial charge is 0.259 e. The Morgan fingerprint density at radius 1 is 1.04 bits per heavy atom. The third kappa shape index (κ3) is 3.65. The maximum atomic E-state index is 14.1. The van der Waals surface area contributed by atoms with Gasteiger partial charge in [0, 0.05) is 17.5 Å². The highest BCUT2D eigenvalue weighted by Crippen LogP contribution is 2.25. The van der Waals surface area contributed by atoms with Crippen LogP contribution >= 0.6 is 0 Å². The van der Waals surface area contributed by atoms with Crippen LogP contribution in [-0.2, 0) is 0 Å². The molecule has 0 aliphatic rings. The highest BCUT2D eigenvalue weighted by Gasteiger charge is 2.19. The van der Waals surface area contributed by atoms with Crippen LogP contribution in [0.4, 0.5) is 19.0 Å². The molecule has 2 aromatic heterocycles. The van der Waals surface area contributed by atoms with Crippen molar-refractivity contribution in [1.29, 1.82) is 0 Å². The lowest BCUT2D eigenvalue weighted by molar-refractivity contribution is 0.102. The van der Waals surface area contributed by atoms with Crippen LogP contribution in [-0.4, -0.2) is 15.9 Å². The van der Waals surface area contributed by atoms with Crippen molar-refractivity contribution in [3.8, 4) is 11.1 Å². The van der Waals surface area contributed by atoms with Crippen LogP contribution in [0.2, 0.25) is 0 Å². The second-order valence-electron chi connectivity index (χ2n) is 5.33. The summed E-state index contributed by atoms with van der Waals surface area (Å²) in [5.41, 5.74) is 0.501. The first kappa shape index (κ1) is 16.6. The molecule has 0 aliphatic carbocycles. The van der Waals surface area contributed by atoms with Crippen molar-refractivity contribution in [3.05, 3.63) is 77.5 Å². The van der Waals surface area contributed by atoms with Crippen LogP contribution in [0.15, 0.2) is 48.8 Å². The number of carbonyl (C=O) groups excluding carboxylic acids is 1. The van der Waals surface area contributed by atoms with Crippen LogP contribution in [0.25, 0.3) is 11.1 Å². The standard InChI is InChI=1S/C18H12F3N3O/c1-10-3-2-4-16(23-10)24-18(25)14-6-11(7-15(20)17(14)21)12-5-13(19)9-22-8-12/h2-9H,1H3,(H,23,24,25). The Bertz CT molecular complexity index is 960. The number of carbonyl (C=O) groups is 1. The SMILES string of the molecule is Cc1cccc(NC(=O)c2cc(-c3cncc(F)c3)cc(F)c2F)n1. The predicted octanol–water partition coefficient (Wildman–Crippen LogP) is 4.12. The minimum atomic E-state index is -1.29. The molecule has 0 saturated heterocycles. The second-order valence-corrected chi connectivity index (χ2v) is 5.33. The molecule has 4 nitrogen and oxygen atoms in total. The predicted molar refractivity (Wildman–Crippen MR) is 86.5 cm³/mol. The summed E-state index contributed by atoms with van der Waals surface area (Å²) in [6, 6.07) is 8.06. The number of nitrogens with one attached hydrogen (secondary N) is 1. The van der Waals surface area contributed by atoms with Crippen molar-refractivity contribution >= 4 is 11.7 Å². The Morgan fingerprint density at radius 3 is 2.56 bits per heavy atom. The van der Waals surface area contributed by atoms with Crippen molar-refractivity contribution < 1.29 is 18.0 Å². The van der Waals surface area contributed by atoms with Crippen LogP contribution in [0.3, 0.4) is 0 Å². The number of hydrogen-bond donors (Lipinski definition) is 1. The summed E-state index contributed by atoms with van der Waals surface area (Å²) in [7, 11) is 0. The molecule has 126 valence electrons. The zero-order valence-electron chi connectivity index (χ0n) is 13.1. The van der Waals surface area contributed by atoms with Gasteiger partial charge in [0.15, 0.2) is 11.6 Å². The lowest BCUT2D eigenvalue weighted by atomic mass is 10.0. The minimum absolute atomic E-state index is 0.133. The molecule has 0 spiro atoms. The first-order chi connectivity index (χ1) is 11.9. The van der Waals surface area contributed by atoms with E-state index in [1.807, 2.05) is 0 Å². The molecule has 0 saturated carbocycles. The van der Waals surface area contributed by atoms with Crippen molar-refractivity contribution in [2.75, 3.05) is 5.32 Å². The average molecular weight is 343 g/mol. The van der Waals surface area contributed by atoms with E-state index in [2.05, 4.69) is 15.3 Å². The summed E-state index contributed by atoms with van der Waals surface area (Å²) in [5.74, 6) is -3.79. The molecule has 0 atom stereocenters. The highest BCUT2D eigenvalue weighted by atomic mass is 19.2. The van der Waals surface area contributed by atoms with Gasteiger partial charge in [0.1, 0.15) is 11.6 Å². The van der Waals surface area contributed by atoms with Crippen LogP contribution in [0.1, 0.15) is 16.1 Å². The largest absolute Gasteiger partial charge is 0.306 e. The monoisotopic (exact) mass is 343 g/mol. The molecule has 0 aliphatic heterocycles. The van der Waals surface area contributed by atoms with E-state index in [0.717, 1.165) is 24.4 Å². The topological polar surface area (TPSA) is 54.9 Å². The molecule has 3 aromatic rings. The Morgan fingerprint density at radius 2 is 1.84 bits per heavy atom. The lowest BCUT2D eigenvalue weighted by Crippen LogP contribution is -2.16. The summed E-state index contributed by atoms with van der Waals surface area (Å²) >= 11 is 0. The van der Waals surface area contributed by atoms with Gasteiger partial charge in [-0.25, -0.2) is 18.2 Å². The van der Waals surface area contributed by atoms with E-state index in [4.69, 9.17) is 0 Å². The Kier molecular flexibility index (Phi) is 4.47. The number of hydrogen-bond acceptors (Lipinski definition) is 3. The van der Waals surface area contributed by atoms with Crippen LogP contribution in [0, 0.1) is 24.4 Å². The van der Waals surface area contributed by atoms with Gasteiger partial charge in [-0.1, -0.05) is 6.07 Å². The number of aromatic nitrogens is 2. The molecule has 0 radical (unpaired) electrons. The summed E-state index contributed by atoms with van der Waals surface area (Å²) in [5, 5.41) is 2.41. The van der Waals surface area contributed by atoms with Crippen molar-refractivity contribution in [2.24, 2.45) is 0 Å². The normalized spacial score (nSPS) is 10.6. The van der Waals surface area contributed by atoms with Crippen molar-refractivity contribution in [3.63, 3.8) is 0 Å². The Hall–Kier alpha value is -3.22. The third-order valence-corrected chi connectivity index (χ3v) is 3.44. The van der Waals surface area contributed by atoms with E-state index in [9.17, 15) is 18.0 Å². The first-order valence-electron chi connectivity index (χ1n) is 7.29. The Balaban J connectivity index is 1.99. The van der Waals surface area contributed by atoms with E-state index < -0.39 is 28.9 Å². The number of halogens is 3. The lowest BCUT2D eigenvalue weighted by Gasteiger charge is -2.09. The minimum Gasteiger partial charge on any atom is -0.306 e. The number of amides is 1. The molecule has 0 bridgehead atoms. The third-order valence-electron chi connectivity index (χ3n) is 3.44. The Labute approximate surface area is 141 Å². The van der Waals surface area contributed by atoms with Crippen LogP contribution < -0.4 is 5.32 Å². The molecule has 25 heavy (non-hydrogen) atoms. The number of pyridine rings is 2. The molecule has 0 fully saturated rings. The average Bonchev–Trinajstić information content (AvgIpc) is 2.57. The van der Waals surface area contributed by atoms with Gasteiger partial charge >= 0.3 is 0 Å². The fraction of sp³-hybridized carbons (Fsp3) is 0.0556. The van der Waals surface area contributed by atoms with Crippen LogP contribution in [0.5, 0.6) is 0 Å². The van der Waals surface area contributed by atoms with Gasteiger partial charge < -0.3 is 5.32 Å². The molecule has 3 rings (SSSR count). The van der Waals surface area contributed by atoms with E-state index in [1.54, 1.807) is 19.1 Å². The zero-order chi connectivity index (χ0) is 18.0. The fourth-order valence-electron chi connectivity index (χ4n) is 2.29. The number of aryl methyl sites for hydroxylation is 1. The van der Waals surface area contributed by atoms with Gasteiger partial charge in [0.2, 0.25) is 0 Å². The van der Waals surface area contributed by atoms with Gasteiger partial charge in [0.05, 0.1) is 11.8 Å². The van der Waals surface area contributed by atoms with E-state index in [1.165, 1.54) is 12.3 Å². The van der Waals surface area contributed by atoms with E-state index >= 15 is 0 Å². The number of rotatable bonds is 3. The van der Waals surface area contributed by atoms with E-state index in [-0.39, 0.29) is 16.9 Å². The summed E-state index contributed by atoms with van der Waals surface area (Å²) in [6.07, 6.45) is 2.28. The molecule has 1 amide bonds. The summed E-state index contributed by atoms with van der Waals surface area (Å²) in [6.45, 7) is 1.73. The fourth-order valence-corrected chi connectivity index (χ4v) is 2.29. The molecule has 0 unspecified atom stereocenters. The van der Waals surface area contributed by atoms with Crippen molar-refractivity contribution in [2.45, 2.75) is 6.92 Å². The first-order valence-corrected chi connectivity index (χ1v) is 7.29. The maximum absolute atomic E-state index is 14.1. The van der Waals surface area contributed by atoms with Gasteiger partial charge in [-0.2, -0.15) is 0 Å². The van der Waals surface area contributed by atoms with Gasteiger partial charge in [-0.3, -0.25) is 9.78 Å². The molecular formula is C18H12F3N3O. The summed E-state index contributed by atoms with van der Waals surface area (Å²) in [4.78, 5) is 20.0. The molecular weight excluding hydrogens is 331 g/mol. The van der Waals surface area contributed by atoms with E-state index in [0.29, 0.717) is 5.69 Å². The molecule has 1 N–H and O–H groups in total. The van der Waals surface area contributed by atoms with Gasteiger partial charge in [-0.05, 0) is 42.8 Å². The van der Waals surface area contributed by atoms with Gasteiger partial charge in [0.25, 0.3) is 5.91 Å². The van der Waals surface area contributed by atoms with Crippen molar-refractivity contribution in [1.82, 2.24) is 9.97 Å². The molecule has 7 heteroatoms. The zero-order valence-corrected chi connectivity index (χ0v) is 13.1. The highest BCUT2D eigenvalue weighted by molar-refractivity contribution is 6.04. The number of anilines is 1. The summed E-state index contributed by atoms with van der Waals surface area (Å²) < 4.78 is 41.3.